The van der Waals surface area contributed by atoms with Crippen LogP contribution in [-0.2, 0) is 0 Å². The van der Waals surface area contributed by atoms with Crippen LogP contribution in [0.2, 0.25) is 0 Å². The Bertz CT molecular complexity index is 1060. The van der Waals surface area contributed by atoms with E-state index in [1.54, 1.807) is 36.4 Å². The maximum atomic E-state index is 12.0. The Morgan fingerprint density at radius 3 is 2.69 bits per heavy atom. The van der Waals surface area contributed by atoms with E-state index in [0.717, 1.165) is 16.5 Å². The lowest BCUT2D eigenvalue weighted by Crippen LogP contribution is -2.10. The zero-order chi connectivity index (χ0) is 17.9. The van der Waals surface area contributed by atoms with Gasteiger partial charge in [-0.2, -0.15) is 0 Å². The average Bonchev–Trinajstić information content (AvgIpc) is 3.19. The lowest BCUT2D eigenvalue weighted by molar-refractivity contribution is 0.0996. The van der Waals surface area contributed by atoms with Gasteiger partial charge in [0.2, 0.25) is 5.88 Å². The van der Waals surface area contributed by atoms with E-state index < -0.39 is 0 Å². The molecule has 0 aliphatic carbocycles. The van der Waals surface area contributed by atoms with Crippen molar-refractivity contribution >= 4 is 22.5 Å². The maximum Gasteiger partial charge on any atom is 0.291 e. The summed E-state index contributed by atoms with van der Waals surface area (Å²) < 4.78 is 11.0. The number of ether oxygens (including phenoxy) is 1. The molecule has 0 aliphatic rings. The summed E-state index contributed by atoms with van der Waals surface area (Å²) in [5.41, 5.74) is 2.57. The number of anilines is 1. The maximum absolute atomic E-state index is 12.0. The van der Waals surface area contributed by atoms with E-state index in [-0.39, 0.29) is 11.7 Å². The number of amides is 1. The molecule has 0 spiro atoms. The van der Waals surface area contributed by atoms with E-state index in [1.807, 2.05) is 25.1 Å². The van der Waals surface area contributed by atoms with Gasteiger partial charge in [-0.1, -0.05) is 11.6 Å². The van der Waals surface area contributed by atoms with E-state index in [4.69, 9.17) is 9.15 Å². The number of nitrogens with zero attached hydrogens (tertiary/aromatic N) is 2. The van der Waals surface area contributed by atoms with Gasteiger partial charge in [-0.25, -0.2) is 9.97 Å². The largest absolute Gasteiger partial charge is 0.459 e. The number of hydrogen-bond acceptors (Lipinski definition) is 5. The minimum absolute atomic E-state index is 0.258. The first-order chi connectivity index (χ1) is 12.7. The second-order valence-corrected chi connectivity index (χ2v) is 5.76. The number of hydrogen-bond donors (Lipinski definition) is 1. The molecule has 4 aromatic rings. The smallest absolute Gasteiger partial charge is 0.291 e. The molecule has 1 N–H and O–H groups in total. The van der Waals surface area contributed by atoms with Gasteiger partial charge in [0.1, 0.15) is 12.1 Å². The molecule has 0 fully saturated rings. The van der Waals surface area contributed by atoms with Gasteiger partial charge in [-0.15, -0.1) is 0 Å². The number of aryl methyl sites for hydroxylation is 1. The van der Waals surface area contributed by atoms with Crippen molar-refractivity contribution in [1.82, 2.24) is 9.97 Å². The molecule has 2 heterocycles. The minimum atomic E-state index is -0.305. The first kappa shape index (κ1) is 15.8. The Kier molecular flexibility index (Phi) is 4.07. The van der Waals surface area contributed by atoms with Gasteiger partial charge in [0, 0.05) is 5.69 Å². The lowest BCUT2D eigenvalue weighted by atomic mass is 10.2. The van der Waals surface area contributed by atoms with Gasteiger partial charge < -0.3 is 14.5 Å². The monoisotopic (exact) mass is 345 g/mol. The van der Waals surface area contributed by atoms with E-state index in [2.05, 4.69) is 15.3 Å². The molecular formula is C20H15N3O3. The predicted molar refractivity (Wildman–Crippen MR) is 97.5 cm³/mol. The normalized spacial score (nSPS) is 10.7. The number of carbonyl (C=O) groups is 1. The summed E-state index contributed by atoms with van der Waals surface area (Å²) >= 11 is 0. The van der Waals surface area contributed by atoms with Crippen molar-refractivity contribution in [1.29, 1.82) is 0 Å². The van der Waals surface area contributed by atoms with Gasteiger partial charge in [0.15, 0.2) is 5.76 Å². The molecule has 128 valence electrons. The zero-order valence-electron chi connectivity index (χ0n) is 14.0. The summed E-state index contributed by atoms with van der Waals surface area (Å²) in [4.78, 5) is 20.5. The summed E-state index contributed by atoms with van der Waals surface area (Å²) in [5, 5.41) is 3.61. The molecule has 4 rings (SSSR count). The number of rotatable bonds is 4. The van der Waals surface area contributed by atoms with Crippen LogP contribution in [0.3, 0.4) is 0 Å². The molecule has 0 atom stereocenters. The van der Waals surface area contributed by atoms with Crippen LogP contribution in [0, 0.1) is 6.92 Å². The van der Waals surface area contributed by atoms with Crippen LogP contribution in [0.15, 0.2) is 71.6 Å². The average molecular weight is 345 g/mol. The molecule has 0 bridgehead atoms. The molecule has 1 amide bonds. The summed E-state index contributed by atoms with van der Waals surface area (Å²) in [5.74, 6) is 1.06. The van der Waals surface area contributed by atoms with E-state index in [0.29, 0.717) is 17.3 Å². The Morgan fingerprint density at radius 2 is 1.92 bits per heavy atom. The summed E-state index contributed by atoms with van der Waals surface area (Å²) in [6, 6.07) is 16.2. The van der Waals surface area contributed by atoms with Crippen molar-refractivity contribution in [3.8, 4) is 11.6 Å². The van der Waals surface area contributed by atoms with Crippen LogP contribution in [0.1, 0.15) is 16.1 Å². The number of benzene rings is 2. The molecule has 6 nitrogen and oxygen atoms in total. The highest BCUT2D eigenvalue weighted by molar-refractivity contribution is 6.02. The Morgan fingerprint density at radius 1 is 1.08 bits per heavy atom. The first-order valence-electron chi connectivity index (χ1n) is 8.03. The second-order valence-electron chi connectivity index (χ2n) is 5.76. The van der Waals surface area contributed by atoms with Crippen molar-refractivity contribution in [3.63, 3.8) is 0 Å². The molecule has 0 aliphatic heterocycles. The predicted octanol–water partition coefficient (Wildman–Crippen LogP) is 4.58. The van der Waals surface area contributed by atoms with Gasteiger partial charge >= 0.3 is 0 Å². The first-order valence-corrected chi connectivity index (χ1v) is 8.03. The van der Waals surface area contributed by atoms with Crippen LogP contribution < -0.4 is 10.1 Å². The lowest BCUT2D eigenvalue weighted by Gasteiger charge is -2.09. The standard InChI is InChI=1S/C20H15N3O3/c1-13-4-9-17-16(11-13)20(22-12-21-17)26-15-7-5-14(6-8-15)23-19(24)18-3-2-10-25-18/h2-12H,1H3,(H,23,24). The van der Waals surface area contributed by atoms with Crippen molar-refractivity contribution < 1.29 is 13.9 Å². The quantitative estimate of drug-likeness (QED) is 0.586. The van der Waals surface area contributed by atoms with Crippen LogP contribution in [0.25, 0.3) is 10.9 Å². The molecular weight excluding hydrogens is 330 g/mol. The summed E-state index contributed by atoms with van der Waals surface area (Å²) in [7, 11) is 0. The fraction of sp³-hybridized carbons (Fsp3) is 0.0500. The number of nitrogens with one attached hydrogen (secondary N) is 1. The van der Waals surface area contributed by atoms with E-state index in [1.165, 1.54) is 12.6 Å². The van der Waals surface area contributed by atoms with E-state index >= 15 is 0 Å². The third-order valence-corrected chi connectivity index (χ3v) is 3.83. The van der Waals surface area contributed by atoms with Gasteiger partial charge in [-0.3, -0.25) is 4.79 Å². The number of carbonyl (C=O) groups excluding carboxylic acids is 1. The van der Waals surface area contributed by atoms with Crippen molar-refractivity contribution in [2.75, 3.05) is 5.32 Å². The Balaban J connectivity index is 1.53. The van der Waals surface area contributed by atoms with Gasteiger partial charge in [0.05, 0.1) is 17.2 Å². The number of aromatic nitrogens is 2. The molecule has 0 unspecified atom stereocenters. The van der Waals surface area contributed by atoms with Crippen molar-refractivity contribution in [2.45, 2.75) is 6.92 Å². The summed E-state index contributed by atoms with van der Waals surface area (Å²) in [6.07, 6.45) is 2.94. The van der Waals surface area contributed by atoms with Crippen molar-refractivity contribution in [2.24, 2.45) is 0 Å². The van der Waals surface area contributed by atoms with Gasteiger partial charge in [0.25, 0.3) is 5.91 Å². The zero-order valence-corrected chi connectivity index (χ0v) is 14.0. The fourth-order valence-corrected chi connectivity index (χ4v) is 2.55. The molecule has 0 saturated heterocycles. The molecule has 26 heavy (non-hydrogen) atoms. The summed E-state index contributed by atoms with van der Waals surface area (Å²) in [6.45, 7) is 2.01. The van der Waals surface area contributed by atoms with Crippen LogP contribution >= 0.6 is 0 Å². The van der Waals surface area contributed by atoms with Crippen LogP contribution in [0.4, 0.5) is 5.69 Å². The van der Waals surface area contributed by atoms with Gasteiger partial charge in [-0.05, 0) is 55.5 Å². The number of fused-ring (bicyclic) bond motifs is 1. The van der Waals surface area contributed by atoms with Crippen LogP contribution in [-0.4, -0.2) is 15.9 Å². The second kappa shape index (κ2) is 6.68. The van der Waals surface area contributed by atoms with Crippen molar-refractivity contribution in [3.05, 3.63) is 78.5 Å². The number of furan rings is 1. The Hall–Kier alpha value is -3.67. The molecule has 0 saturated carbocycles. The highest BCUT2D eigenvalue weighted by atomic mass is 16.5. The Labute approximate surface area is 149 Å². The third kappa shape index (κ3) is 3.25. The highest BCUT2D eigenvalue weighted by Gasteiger charge is 2.10. The molecule has 2 aromatic heterocycles. The molecule has 0 radical (unpaired) electrons. The van der Waals surface area contributed by atoms with E-state index in [9.17, 15) is 4.79 Å². The molecule has 6 heteroatoms. The molecule has 2 aromatic carbocycles. The topological polar surface area (TPSA) is 77.3 Å². The minimum Gasteiger partial charge on any atom is -0.459 e. The highest BCUT2D eigenvalue weighted by Crippen LogP contribution is 2.28. The fourth-order valence-electron chi connectivity index (χ4n) is 2.55. The SMILES string of the molecule is Cc1ccc2ncnc(Oc3ccc(NC(=O)c4ccco4)cc3)c2c1. The van der Waals surface area contributed by atoms with Crippen LogP contribution in [0.5, 0.6) is 11.6 Å². The third-order valence-electron chi connectivity index (χ3n) is 3.83.